The molecule has 0 saturated carbocycles. The van der Waals surface area contributed by atoms with E-state index in [9.17, 15) is 9.50 Å². The number of para-hydroxylation sites is 1. The summed E-state index contributed by atoms with van der Waals surface area (Å²) in [7, 11) is 0. The number of anilines is 1. The molecule has 0 saturated heterocycles. The zero-order valence-corrected chi connectivity index (χ0v) is 10.9. The summed E-state index contributed by atoms with van der Waals surface area (Å²) in [6.45, 7) is 1.87. The van der Waals surface area contributed by atoms with E-state index in [0.29, 0.717) is 6.42 Å². The zero-order chi connectivity index (χ0) is 13.7. The molecule has 2 nitrogen and oxygen atoms in total. The standard InChI is InChI=1S/C16H18FNO/c1-2-16(12-19,13-7-6-8-14(17)11-13)18-15-9-4-3-5-10-15/h3-11,18-19H,2,12H2,1H3. The fraction of sp³-hybridized carbons (Fsp3) is 0.250. The van der Waals surface area contributed by atoms with Crippen molar-refractivity contribution < 1.29 is 9.50 Å². The zero-order valence-electron chi connectivity index (χ0n) is 10.9. The molecule has 1 unspecified atom stereocenters. The molecule has 0 amide bonds. The molecule has 0 aromatic heterocycles. The smallest absolute Gasteiger partial charge is 0.123 e. The van der Waals surface area contributed by atoms with Crippen molar-refractivity contribution in [3.63, 3.8) is 0 Å². The molecular formula is C16H18FNO. The van der Waals surface area contributed by atoms with Crippen LogP contribution in [0.1, 0.15) is 18.9 Å². The number of hydrogen-bond acceptors (Lipinski definition) is 2. The molecule has 2 N–H and O–H groups in total. The van der Waals surface area contributed by atoms with Crippen molar-refractivity contribution in [2.75, 3.05) is 11.9 Å². The van der Waals surface area contributed by atoms with Crippen molar-refractivity contribution >= 4 is 5.69 Å². The second kappa shape index (κ2) is 5.85. The third kappa shape index (κ3) is 2.93. The summed E-state index contributed by atoms with van der Waals surface area (Å²) in [6, 6.07) is 16.0. The molecule has 0 aliphatic carbocycles. The van der Waals surface area contributed by atoms with Crippen LogP contribution in [-0.2, 0) is 5.54 Å². The summed E-state index contributed by atoms with van der Waals surface area (Å²) in [5, 5.41) is 13.1. The Balaban J connectivity index is 2.37. The third-order valence-corrected chi connectivity index (χ3v) is 3.41. The second-order valence-corrected chi connectivity index (χ2v) is 4.60. The van der Waals surface area contributed by atoms with E-state index in [1.807, 2.05) is 43.3 Å². The van der Waals surface area contributed by atoms with Gasteiger partial charge in [0.2, 0.25) is 0 Å². The Morgan fingerprint density at radius 3 is 2.42 bits per heavy atom. The SMILES string of the molecule is CCC(CO)(Nc1ccccc1)c1cccc(F)c1. The summed E-state index contributed by atoms with van der Waals surface area (Å²) in [6.07, 6.45) is 0.655. The lowest BCUT2D eigenvalue weighted by molar-refractivity contribution is 0.207. The summed E-state index contributed by atoms with van der Waals surface area (Å²) in [4.78, 5) is 0. The van der Waals surface area contributed by atoms with E-state index in [1.165, 1.54) is 12.1 Å². The molecule has 0 aliphatic rings. The lowest BCUT2D eigenvalue weighted by Crippen LogP contribution is -2.38. The van der Waals surface area contributed by atoms with Crippen LogP contribution in [0.4, 0.5) is 10.1 Å². The van der Waals surface area contributed by atoms with Crippen LogP contribution >= 0.6 is 0 Å². The molecule has 3 heteroatoms. The van der Waals surface area contributed by atoms with E-state index >= 15 is 0 Å². The van der Waals surface area contributed by atoms with Crippen LogP contribution in [0, 0.1) is 5.82 Å². The van der Waals surface area contributed by atoms with E-state index in [-0.39, 0.29) is 12.4 Å². The van der Waals surface area contributed by atoms with Gasteiger partial charge in [-0.15, -0.1) is 0 Å². The lowest BCUT2D eigenvalue weighted by atomic mass is 9.87. The molecule has 0 bridgehead atoms. The highest BCUT2D eigenvalue weighted by atomic mass is 19.1. The highest BCUT2D eigenvalue weighted by Gasteiger charge is 2.29. The summed E-state index contributed by atoms with van der Waals surface area (Å²) >= 11 is 0. The van der Waals surface area contributed by atoms with Crippen LogP contribution in [0.2, 0.25) is 0 Å². The van der Waals surface area contributed by atoms with Crippen molar-refractivity contribution in [1.29, 1.82) is 0 Å². The number of halogens is 1. The van der Waals surface area contributed by atoms with Crippen LogP contribution in [0.25, 0.3) is 0 Å². The normalized spacial score (nSPS) is 13.8. The van der Waals surface area contributed by atoms with Crippen LogP contribution in [-0.4, -0.2) is 11.7 Å². The van der Waals surface area contributed by atoms with Gasteiger partial charge >= 0.3 is 0 Å². The minimum atomic E-state index is -0.663. The number of rotatable bonds is 5. The number of hydrogen-bond donors (Lipinski definition) is 2. The average molecular weight is 259 g/mol. The number of aliphatic hydroxyl groups is 1. The van der Waals surface area contributed by atoms with Crippen LogP contribution in [0.3, 0.4) is 0 Å². The molecule has 100 valence electrons. The second-order valence-electron chi connectivity index (χ2n) is 4.60. The van der Waals surface area contributed by atoms with Crippen molar-refractivity contribution in [3.05, 3.63) is 66.0 Å². The third-order valence-electron chi connectivity index (χ3n) is 3.41. The molecular weight excluding hydrogens is 241 g/mol. The highest BCUT2D eigenvalue weighted by molar-refractivity contribution is 5.48. The van der Waals surface area contributed by atoms with Gasteiger partial charge in [0.15, 0.2) is 0 Å². The number of nitrogens with one attached hydrogen (secondary N) is 1. The average Bonchev–Trinajstić information content (AvgIpc) is 2.46. The van der Waals surface area contributed by atoms with Crippen LogP contribution in [0.15, 0.2) is 54.6 Å². The molecule has 0 fully saturated rings. The topological polar surface area (TPSA) is 32.3 Å². The molecule has 2 aromatic rings. The first kappa shape index (κ1) is 13.6. The Morgan fingerprint density at radius 1 is 1.11 bits per heavy atom. The van der Waals surface area contributed by atoms with Gasteiger partial charge in [0, 0.05) is 5.69 Å². The highest BCUT2D eigenvalue weighted by Crippen LogP contribution is 2.29. The minimum Gasteiger partial charge on any atom is -0.394 e. The molecule has 0 radical (unpaired) electrons. The van der Waals surface area contributed by atoms with E-state index in [4.69, 9.17) is 0 Å². The molecule has 0 aliphatic heterocycles. The molecule has 2 aromatic carbocycles. The maximum Gasteiger partial charge on any atom is 0.123 e. The Labute approximate surface area is 112 Å². The molecule has 0 heterocycles. The fourth-order valence-corrected chi connectivity index (χ4v) is 2.19. The van der Waals surface area contributed by atoms with Gasteiger partial charge in [0.25, 0.3) is 0 Å². The first-order valence-electron chi connectivity index (χ1n) is 6.40. The van der Waals surface area contributed by atoms with Gasteiger partial charge in [0.05, 0.1) is 12.1 Å². The Hall–Kier alpha value is -1.87. The Kier molecular flexibility index (Phi) is 4.17. The summed E-state index contributed by atoms with van der Waals surface area (Å²) < 4.78 is 13.4. The molecule has 19 heavy (non-hydrogen) atoms. The summed E-state index contributed by atoms with van der Waals surface area (Å²) in [5.41, 5.74) is 0.993. The van der Waals surface area contributed by atoms with Gasteiger partial charge < -0.3 is 10.4 Å². The molecule has 1 atom stereocenters. The van der Waals surface area contributed by atoms with Crippen molar-refractivity contribution in [3.8, 4) is 0 Å². The fourth-order valence-electron chi connectivity index (χ4n) is 2.19. The van der Waals surface area contributed by atoms with Gasteiger partial charge in [0.1, 0.15) is 5.82 Å². The maximum absolute atomic E-state index is 13.4. The first-order chi connectivity index (χ1) is 9.20. The largest absolute Gasteiger partial charge is 0.394 e. The lowest BCUT2D eigenvalue weighted by Gasteiger charge is -2.33. The quantitative estimate of drug-likeness (QED) is 0.861. The van der Waals surface area contributed by atoms with Crippen LogP contribution < -0.4 is 5.32 Å². The van der Waals surface area contributed by atoms with E-state index in [0.717, 1.165) is 11.3 Å². The van der Waals surface area contributed by atoms with Crippen molar-refractivity contribution in [2.24, 2.45) is 0 Å². The minimum absolute atomic E-state index is 0.0954. The van der Waals surface area contributed by atoms with Crippen LogP contribution in [0.5, 0.6) is 0 Å². The Bertz CT molecular complexity index is 523. The van der Waals surface area contributed by atoms with Crippen molar-refractivity contribution in [1.82, 2.24) is 0 Å². The van der Waals surface area contributed by atoms with Gasteiger partial charge in [-0.2, -0.15) is 0 Å². The molecule has 2 rings (SSSR count). The Morgan fingerprint density at radius 2 is 1.84 bits per heavy atom. The predicted octanol–water partition coefficient (Wildman–Crippen LogP) is 3.54. The number of aliphatic hydroxyl groups excluding tert-OH is 1. The van der Waals surface area contributed by atoms with Gasteiger partial charge in [-0.05, 0) is 36.2 Å². The van der Waals surface area contributed by atoms with Gasteiger partial charge in [-0.25, -0.2) is 4.39 Å². The van der Waals surface area contributed by atoms with Gasteiger partial charge in [-0.3, -0.25) is 0 Å². The molecule has 0 spiro atoms. The summed E-state index contributed by atoms with van der Waals surface area (Å²) in [5.74, 6) is -0.293. The first-order valence-corrected chi connectivity index (χ1v) is 6.40. The predicted molar refractivity (Wildman–Crippen MR) is 75.5 cm³/mol. The van der Waals surface area contributed by atoms with E-state index in [1.54, 1.807) is 6.07 Å². The van der Waals surface area contributed by atoms with Crippen molar-refractivity contribution in [2.45, 2.75) is 18.9 Å². The maximum atomic E-state index is 13.4. The van der Waals surface area contributed by atoms with Gasteiger partial charge in [-0.1, -0.05) is 37.3 Å². The monoisotopic (exact) mass is 259 g/mol. The van der Waals surface area contributed by atoms with E-state index < -0.39 is 5.54 Å². The number of benzene rings is 2. The van der Waals surface area contributed by atoms with E-state index in [2.05, 4.69) is 5.32 Å².